The Morgan fingerprint density at radius 1 is 1.05 bits per heavy atom. The van der Waals surface area contributed by atoms with E-state index in [-0.39, 0.29) is 24.2 Å². The van der Waals surface area contributed by atoms with E-state index in [1.54, 1.807) is 0 Å². The van der Waals surface area contributed by atoms with Crippen LogP contribution in [0.2, 0.25) is 0 Å². The fourth-order valence-corrected chi connectivity index (χ4v) is 5.75. The lowest BCUT2D eigenvalue weighted by atomic mass is 9.53. The van der Waals surface area contributed by atoms with E-state index in [1.165, 1.54) is 38.5 Å². The van der Waals surface area contributed by atoms with Gasteiger partial charge in [0.05, 0.1) is 6.10 Å². The molecule has 0 unspecified atom stereocenters. The zero-order valence-electron chi connectivity index (χ0n) is 12.9. The molecule has 0 aromatic carbocycles. The molecular weight excluding hydrogens is 264 g/mol. The van der Waals surface area contributed by atoms with Crippen LogP contribution < -0.4 is 10.6 Å². The zero-order chi connectivity index (χ0) is 14.3. The number of carbonyl (C=O) groups excluding carboxylic acids is 1. The normalized spacial score (nSPS) is 42.2. The van der Waals surface area contributed by atoms with Gasteiger partial charge in [0.1, 0.15) is 6.61 Å². The molecule has 1 amide bonds. The molecule has 1 aliphatic heterocycles. The molecule has 4 heteroatoms. The highest BCUT2D eigenvalue weighted by molar-refractivity contribution is 5.78. The smallest absolute Gasteiger partial charge is 0.246 e. The van der Waals surface area contributed by atoms with Crippen molar-refractivity contribution in [1.82, 2.24) is 10.6 Å². The van der Waals surface area contributed by atoms with Crippen LogP contribution in [-0.4, -0.2) is 37.2 Å². The van der Waals surface area contributed by atoms with Crippen molar-refractivity contribution >= 4 is 5.91 Å². The molecule has 2 N–H and O–H groups in total. The van der Waals surface area contributed by atoms with Gasteiger partial charge in [-0.3, -0.25) is 4.79 Å². The highest BCUT2D eigenvalue weighted by Crippen LogP contribution is 2.55. The van der Waals surface area contributed by atoms with Crippen molar-refractivity contribution in [3.63, 3.8) is 0 Å². The number of piperidine rings is 1. The summed E-state index contributed by atoms with van der Waals surface area (Å²) >= 11 is 0. The van der Waals surface area contributed by atoms with Crippen molar-refractivity contribution in [2.75, 3.05) is 19.7 Å². The third-order valence-corrected chi connectivity index (χ3v) is 6.18. The molecular formula is C17H28N2O2. The summed E-state index contributed by atoms with van der Waals surface area (Å²) in [5.74, 6) is 2.75. The fourth-order valence-electron chi connectivity index (χ4n) is 5.75. The Bertz CT molecular complexity index is 368. The SMILES string of the molecule is O=C(COC1CCNCC1)NC12CC3CC(CC(C3)C1)C2. The Kier molecular flexibility index (Phi) is 3.70. The third-order valence-electron chi connectivity index (χ3n) is 6.18. The Balaban J connectivity index is 1.30. The molecule has 4 aliphatic carbocycles. The van der Waals surface area contributed by atoms with Crippen LogP contribution in [0.3, 0.4) is 0 Å². The van der Waals surface area contributed by atoms with Crippen molar-refractivity contribution in [1.29, 1.82) is 0 Å². The number of amides is 1. The first-order valence-corrected chi connectivity index (χ1v) is 8.84. The van der Waals surface area contributed by atoms with Crippen LogP contribution in [0.5, 0.6) is 0 Å². The van der Waals surface area contributed by atoms with Gasteiger partial charge in [-0.25, -0.2) is 0 Å². The summed E-state index contributed by atoms with van der Waals surface area (Å²) in [5, 5.41) is 6.71. The molecule has 118 valence electrons. The molecule has 1 heterocycles. The van der Waals surface area contributed by atoms with Gasteiger partial charge in [-0.2, -0.15) is 0 Å². The molecule has 5 rings (SSSR count). The maximum Gasteiger partial charge on any atom is 0.246 e. The summed E-state index contributed by atoms with van der Waals surface area (Å²) in [6, 6.07) is 0. The molecule has 4 bridgehead atoms. The number of hydrogen-bond acceptors (Lipinski definition) is 3. The molecule has 0 radical (unpaired) electrons. The van der Waals surface area contributed by atoms with Gasteiger partial charge in [0.2, 0.25) is 5.91 Å². The van der Waals surface area contributed by atoms with E-state index < -0.39 is 0 Å². The lowest BCUT2D eigenvalue weighted by Gasteiger charge is -2.56. The summed E-state index contributed by atoms with van der Waals surface area (Å²) in [4.78, 5) is 12.3. The summed E-state index contributed by atoms with van der Waals surface area (Å²) < 4.78 is 5.81. The minimum atomic E-state index is 0.121. The van der Waals surface area contributed by atoms with Crippen molar-refractivity contribution < 1.29 is 9.53 Å². The van der Waals surface area contributed by atoms with Crippen LogP contribution in [0.1, 0.15) is 51.4 Å². The van der Waals surface area contributed by atoms with Crippen molar-refractivity contribution in [3.05, 3.63) is 0 Å². The Labute approximate surface area is 127 Å². The molecule has 4 nitrogen and oxygen atoms in total. The first kappa shape index (κ1) is 14.0. The minimum Gasteiger partial charge on any atom is -0.368 e. The summed E-state index contributed by atoms with van der Waals surface area (Å²) in [7, 11) is 0. The van der Waals surface area contributed by atoms with Crippen molar-refractivity contribution in [3.8, 4) is 0 Å². The van der Waals surface area contributed by atoms with Gasteiger partial charge in [0.15, 0.2) is 0 Å². The molecule has 0 spiro atoms. The average molecular weight is 292 g/mol. The first-order chi connectivity index (χ1) is 10.2. The molecule has 21 heavy (non-hydrogen) atoms. The lowest BCUT2D eigenvalue weighted by Crippen LogP contribution is -2.60. The predicted octanol–water partition coefficient (Wildman–Crippen LogP) is 1.84. The summed E-state index contributed by atoms with van der Waals surface area (Å²) in [6.07, 6.45) is 10.2. The van der Waals surface area contributed by atoms with Gasteiger partial charge >= 0.3 is 0 Å². The molecule has 5 aliphatic rings. The van der Waals surface area contributed by atoms with E-state index in [1.807, 2.05) is 0 Å². The number of ether oxygens (including phenoxy) is 1. The Morgan fingerprint density at radius 3 is 2.19 bits per heavy atom. The van der Waals surface area contributed by atoms with Crippen LogP contribution in [0.4, 0.5) is 0 Å². The van der Waals surface area contributed by atoms with Crippen molar-refractivity contribution in [2.24, 2.45) is 17.8 Å². The van der Waals surface area contributed by atoms with Gasteiger partial charge in [0, 0.05) is 5.54 Å². The zero-order valence-corrected chi connectivity index (χ0v) is 12.9. The second-order valence-corrected chi connectivity index (χ2v) is 8.01. The van der Waals surface area contributed by atoms with Crippen LogP contribution in [0, 0.1) is 17.8 Å². The lowest BCUT2D eigenvalue weighted by molar-refractivity contribution is -0.133. The van der Waals surface area contributed by atoms with E-state index in [9.17, 15) is 4.79 Å². The van der Waals surface area contributed by atoms with Crippen LogP contribution in [0.15, 0.2) is 0 Å². The first-order valence-electron chi connectivity index (χ1n) is 8.84. The topological polar surface area (TPSA) is 50.4 Å². The van der Waals surface area contributed by atoms with Crippen LogP contribution >= 0.6 is 0 Å². The third kappa shape index (κ3) is 2.98. The highest BCUT2D eigenvalue weighted by Gasteiger charge is 2.51. The van der Waals surface area contributed by atoms with E-state index in [0.29, 0.717) is 0 Å². The maximum atomic E-state index is 12.3. The summed E-state index contributed by atoms with van der Waals surface area (Å²) in [6.45, 7) is 2.29. The van der Waals surface area contributed by atoms with Crippen molar-refractivity contribution in [2.45, 2.75) is 63.0 Å². The predicted molar refractivity (Wildman–Crippen MR) is 80.9 cm³/mol. The van der Waals surface area contributed by atoms with E-state index in [2.05, 4.69) is 10.6 Å². The van der Waals surface area contributed by atoms with Crippen LogP contribution in [0.25, 0.3) is 0 Å². The average Bonchev–Trinajstić information content (AvgIpc) is 2.44. The fraction of sp³-hybridized carbons (Fsp3) is 0.941. The van der Waals surface area contributed by atoms with Gasteiger partial charge in [0.25, 0.3) is 0 Å². The number of nitrogens with one attached hydrogen (secondary N) is 2. The number of hydrogen-bond donors (Lipinski definition) is 2. The van der Waals surface area contributed by atoms with Gasteiger partial charge in [-0.15, -0.1) is 0 Å². The second kappa shape index (κ2) is 5.54. The van der Waals surface area contributed by atoms with Gasteiger partial charge in [-0.05, 0) is 82.2 Å². The molecule has 4 saturated carbocycles. The quantitative estimate of drug-likeness (QED) is 0.831. The van der Waals surface area contributed by atoms with E-state index in [4.69, 9.17) is 4.74 Å². The molecule has 1 saturated heterocycles. The van der Waals surface area contributed by atoms with E-state index >= 15 is 0 Å². The summed E-state index contributed by atoms with van der Waals surface area (Å²) in [5.41, 5.74) is 0.128. The monoisotopic (exact) mass is 292 g/mol. The molecule has 5 fully saturated rings. The molecule has 0 aromatic rings. The number of carbonyl (C=O) groups is 1. The Morgan fingerprint density at radius 2 is 1.62 bits per heavy atom. The highest BCUT2D eigenvalue weighted by atomic mass is 16.5. The Hall–Kier alpha value is -0.610. The van der Waals surface area contributed by atoms with E-state index in [0.717, 1.165) is 43.7 Å². The second-order valence-electron chi connectivity index (χ2n) is 8.01. The standard InChI is InChI=1S/C17H28N2O2/c20-16(11-21-15-1-3-18-4-2-15)19-17-8-12-5-13(9-17)7-14(6-12)10-17/h12-15,18H,1-11H2,(H,19,20). The minimum absolute atomic E-state index is 0.121. The van der Waals surface area contributed by atoms with Crippen LogP contribution in [-0.2, 0) is 9.53 Å². The maximum absolute atomic E-state index is 12.3. The van der Waals surface area contributed by atoms with Gasteiger partial charge in [-0.1, -0.05) is 0 Å². The van der Waals surface area contributed by atoms with Gasteiger partial charge < -0.3 is 15.4 Å². The molecule has 0 atom stereocenters. The molecule has 0 aromatic heterocycles. The number of rotatable bonds is 4. The largest absolute Gasteiger partial charge is 0.368 e.